The van der Waals surface area contributed by atoms with Crippen molar-refractivity contribution in [1.29, 1.82) is 0 Å². The normalized spacial score (nSPS) is 13.1. The van der Waals surface area contributed by atoms with Crippen LogP contribution in [0.2, 0.25) is 0 Å². The summed E-state index contributed by atoms with van der Waals surface area (Å²) in [7, 11) is 3.68. The molecular formula is C15H21N3O3. The number of anilines is 1. The van der Waals surface area contributed by atoms with Gasteiger partial charge in [-0.1, -0.05) is 0 Å². The number of hydrogen-bond donors (Lipinski definition) is 2. The highest BCUT2D eigenvalue weighted by molar-refractivity contribution is 5.95. The summed E-state index contributed by atoms with van der Waals surface area (Å²) in [6.07, 6.45) is 1.60. The maximum Gasteiger partial charge on any atom is 0.335 e. The smallest absolute Gasteiger partial charge is 0.335 e. The van der Waals surface area contributed by atoms with E-state index < -0.39 is 5.97 Å². The second-order valence-corrected chi connectivity index (χ2v) is 5.21. The average molecular weight is 291 g/mol. The second-order valence-electron chi connectivity index (χ2n) is 5.21. The molecule has 0 spiro atoms. The predicted octanol–water partition coefficient (Wildman–Crippen LogP) is 1.41. The highest BCUT2D eigenvalue weighted by Crippen LogP contribution is 2.29. The van der Waals surface area contributed by atoms with E-state index in [2.05, 4.69) is 5.32 Å². The van der Waals surface area contributed by atoms with Crippen LogP contribution < -0.4 is 10.2 Å². The van der Waals surface area contributed by atoms with E-state index in [1.165, 1.54) is 0 Å². The van der Waals surface area contributed by atoms with Crippen LogP contribution in [0.4, 0.5) is 10.5 Å². The first-order valence-electron chi connectivity index (χ1n) is 7.08. The summed E-state index contributed by atoms with van der Waals surface area (Å²) in [6, 6.07) is 4.90. The van der Waals surface area contributed by atoms with Crippen molar-refractivity contribution in [2.24, 2.45) is 0 Å². The van der Waals surface area contributed by atoms with Crippen molar-refractivity contribution in [2.45, 2.75) is 12.8 Å². The summed E-state index contributed by atoms with van der Waals surface area (Å²) in [6.45, 7) is 2.17. The van der Waals surface area contributed by atoms with Crippen molar-refractivity contribution >= 4 is 17.7 Å². The van der Waals surface area contributed by atoms with E-state index in [1.807, 2.05) is 7.05 Å². The van der Waals surface area contributed by atoms with Gasteiger partial charge in [0.1, 0.15) is 0 Å². The third kappa shape index (κ3) is 3.33. The lowest BCUT2D eigenvalue weighted by Gasteiger charge is -2.25. The monoisotopic (exact) mass is 291 g/mol. The minimum atomic E-state index is -0.938. The Labute approximate surface area is 124 Å². The van der Waals surface area contributed by atoms with Crippen LogP contribution in [0.1, 0.15) is 22.3 Å². The molecule has 0 aromatic heterocycles. The van der Waals surface area contributed by atoms with Crippen molar-refractivity contribution in [1.82, 2.24) is 10.2 Å². The number of carboxylic acid groups (broad SMARTS) is 1. The Balaban J connectivity index is 2.08. The number of nitrogens with one attached hydrogen (secondary N) is 1. The lowest BCUT2D eigenvalue weighted by molar-refractivity contribution is 0.0697. The van der Waals surface area contributed by atoms with Gasteiger partial charge in [-0.15, -0.1) is 0 Å². The Morgan fingerprint density at radius 3 is 2.86 bits per heavy atom. The van der Waals surface area contributed by atoms with Gasteiger partial charge >= 0.3 is 12.0 Å². The van der Waals surface area contributed by atoms with Crippen molar-refractivity contribution in [2.75, 3.05) is 38.6 Å². The molecule has 2 rings (SSSR count). The molecule has 0 saturated carbocycles. The van der Waals surface area contributed by atoms with Crippen molar-refractivity contribution < 1.29 is 14.7 Å². The van der Waals surface area contributed by atoms with Gasteiger partial charge in [0.2, 0.25) is 0 Å². The molecule has 1 aromatic carbocycles. The van der Waals surface area contributed by atoms with E-state index in [1.54, 1.807) is 35.0 Å². The molecule has 0 unspecified atom stereocenters. The van der Waals surface area contributed by atoms with Crippen LogP contribution in [-0.2, 0) is 6.42 Å². The van der Waals surface area contributed by atoms with Crippen LogP contribution in [0.15, 0.2) is 18.2 Å². The number of hydrogen-bond acceptors (Lipinski definition) is 3. The number of carbonyl (C=O) groups excluding carboxylic acids is 1. The molecule has 0 fully saturated rings. The van der Waals surface area contributed by atoms with E-state index in [-0.39, 0.29) is 11.6 Å². The van der Waals surface area contributed by atoms with E-state index in [0.717, 1.165) is 24.2 Å². The molecule has 1 heterocycles. The zero-order valence-corrected chi connectivity index (χ0v) is 12.4. The molecule has 0 saturated heterocycles. The number of aromatic carboxylic acids is 1. The van der Waals surface area contributed by atoms with Gasteiger partial charge in [0.05, 0.1) is 5.56 Å². The highest BCUT2D eigenvalue weighted by Gasteiger charge is 2.27. The van der Waals surface area contributed by atoms with E-state index in [0.29, 0.717) is 19.5 Å². The fraction of sp³-hybridized carbons (Fsp3) is 0.467. The van der Waals surface area contributed by atoms with Gasteiger partial charge in [0, 0.05) is 25.8 Å². The second kappa shape index (κ2) is 6.58. The van der Waals surface area contributed by atoms with Gasteiger partial charge in [-0.3, -0.25) is 4.90 Å². The first-order chi connectivity index (χ1) is 10.0. The van der Waals surface area contributed by atoms with Crippen LogP contribution in [0.3, 0.4) is 0 Å². The first kappa shape index (κ1) is 15.3. The minimum Gasteiger partial charge on any atom is -0.478 e. The summed E-state index contributed by atoms with van der Waals surface area (Å²) in [5, 5.41) is 12.1. The van der Waals surface area contributed by atoms with Gasteiger partial charge in [-0.05, 0) is 50.2 Å². The Kier molecular flexibility index (Phi) is 4.80. The quantitative estimate of drug-likeness (QED) is 0.805. The molecule has 6 heteroatoms. The number of rotatable bonds is 5. The van der Waals surface area contributed by atoms with Gasteiger partial charge in [0.25, 0.3) is 0 Å². The van der Waals surface area contributed by atoms with Crippen molar-refractivity contribution in [3.05, 3.63) is 29.3 Å². The van der Waals surface area contributed by atoms with Gasteiger partial charge < -0.3 is 15.3 Å². The number of carboxylic acids is 1. The SMILES string of the molecule is CNCCCN(C)C(=O)N1CCc2cc(C(=O)O)ccc21. The molecule has 2 N–H and O–H groups in total. The molecule has 1 aliphatic heterocycles. The third-order valence-corrected chi connectivity index (χ3v) is 3.70. The fourth-order valence-corrected chi connectivity index (χ4v) is 2.53. The third-order valence-electron chi connectivity index (χ3n) is 3.70. The van der Waals surface area contributed by atoms with Gasteiger partial charge in [-0.2, -0.15) is 0 Å². The van der Waals surface area contributed by atoms with Crippen LogP contribution in [0.25, 0.3) is 0 Å². The van der Waals surface area contributed by atoms with Crippen LogP contribution >= 0.6 is 0 Å². The predicted molar refractivity (Wildman–Crippen MR) is 81.0 cm³/mol. The molecule has 21 heavy (non-hydrogen) atoms. The van der Waals surface area contributed by atoms with Crippen molar-refractivity contribution in [3.8, 4) is 0 Å². The van der Waals surface area contributed by atoms with Crippen LogP contribution in [0.5, 0.6) is 0 Å². The summed E-state index contributed by atoms with van der Waals surface area (Å²) in [5.41, 5.74) is 2.02. The topological polar surface area (TPSA) is 72.9 Å². The molecule has 0 aliphatic carbocycles. The molecular weight excluding hydrogens is 270 g/mol. The number of nitrogens with zero attached hydrogens (tertiary/aromatic N) is 2. The van der Waals surface area contributed by atoms with Crippen molar-refractivity contribution in [3.63, 3.8) is 0 Å². The summed E-state index contributed by atoms with van der Waals surface area (Å²) < 4.78 is 0. The maximum atomic E-state index is 12.4. The molecule has 1 aromatic rings. The molecule has 0 radical (unpaired) electrons. The maximum absolute atomic E-state index is 12.4. The number of urea groups is 1. The molecule has 1 aliphatic rings. The Hall–Kier alpha value is -2.08. The zero-order chi connectivity index (χ0) is 15.4. The number of carbonyl (C=O) groups is 2. The summed E-state index contributed by atoms with van der Waals surface area (Å²) in [5.74, 6) is -0.938. The highest BCUT2D eigenvalue weighted by atomic mass is 16.4. The summed E-state index contributed by atoms with van der Waals surface area (Å²) >= 11 is 0. The standard InChI is InChI=1S/C15H21N3O3/c1-16-7-3-8-17(2)15(21)18-9-6-11-10-12(14(19)20)4-5-13(11)18/h4-5,10,16H,3,6-9H2,1-2H3,(H,19,20). The number of fused-ring (bicyclic) bond motifs is 1. The van der Waals surface area contributed by atoms with Gasteiger partial charge in [-0.25, -0.2) is 9.59 Å². The fourth-order valence-electron chi connectivity index (χ4n) is 2.53. The van der Waals surface area contributed by atoms with Crippen LogP contribution in [0, 0.1) is 0 Å². The van der Waals surface area contributed by atoms with E-state index >= 15 is 0 Å². The van der Waals surface area contributed by atoms with Gasteiger partial charge in [0.15, 0.2) is 0 Å². The zero-order valence-electron chi connectivity index (χ0n) is 12.4. The Bertz CT molecular complexity index is 545. The molecule has 114 valence electrons. The molecule has 0 bridgehead atoms. The molecule has 0 atom stereocenters. The lowest BCUT2D eigenvalue weighted by Crippen LogP contribution is -2.41. The number of amides is 2. The number of benzene rings is 1. The molecule has 2 amide bonds. The van der Waals surface area contributed by atoms with Crippen LogP contribution in [-0.4, -0.2) is 55.7 Å². The largest absolute Gasteiger partial charge is 0.478 e. The lowest BCUT2D eigenvalue weighted by atomic mass is 10.1. The average Bonchev–Trinajstić information content (AvgIpc) is 2.89. The van der Waals surface area contributed by atoms with E-state index in [4.69, 9.17) is 5.11 Å². The summed E-state index contributed by atoms with van der Waals surface area (Å²) in [4.78, 5) is 26.8. The van der Waals surface area contributed by atoms with E-state index in [9.17, 15) is 9.59 Å². The molecule has 6 nitrogen and oxygen atoms in total. The Morgan fingerprint density at radius 1 is 1.43 bits per heavy atom. The Morgan fingerprint density at radius 2 is 2.19 bits per heavy atom. The minimum absolute atomic E-state index is 0.0343. The first-order valence-corrected chi connectivity index (χ1v) is 7.08.